The number of carbonyl (C=O) groups is 2. The molecule has 0 N–H and O–H groups in total. The van der Waals surface area contributed by atoms with Crippen molar-refractivity contribution in [3.63, 3.8) is 0 Å². The fourth-order valence-electron chi connectivity index (χ4n) is 3.58. The Morgan fingerprint density at radius 3 is 2.42 bits per heavy atom. The van der Waals surface area contributed by atoms with Gasteiger partial charge in [0.2, 0.25) is 4.33 Å². The van der Waals surface area contributed by atoms with E-state index >= 15 is 0 Å². The van der Waals surface area contributed by atoms with E-state index in [1.54, 1.807) is 32.0 Å². The third-order valence-electron chi connectivity index (χ3n) is 4.95. The Morgan fingerprint density at radius 1 is 1.12 bits per heavy atom. The van der Waals surface area contributed by atoms with Crippen LogP contribution in [0.15, 0.2) is 70.3 Å². The van der Waals surface area contributed by atoms with Crippen LogP contribution in [0.1, 0.15) is 20.8 Å². The zero-order valence-corrected chi connectivity index (χ0v) is 19.7. The van der Waals surface area contributed by atoms with Gasteiger partial charge in [0, 0.05) is 24.4 Å². The van der Waals surface area contributed by atoms with E-state index in [-0.39, 0.29) is 28.8 Å². The Morgan fingerprint density at radius 2 is 1.79 bits per heavy atom. The van der Waals surface area contributed by atoms with Gasteiger partial charge < -0.3 is 9.64 Å². The third-order valence-corrected chi connectivity index (χ3v) is 7.92. The van der Waals surface area contributed by atoms with E-state index in [1.165, 1.54) is 18.0 Å². The Bertz CT molecular complexity index is 1200. The molecule has 0 amide bonds. The molecule has 0 aromatic heterocycles. The van der Waals surface area contributed by atoms with Crippen molar-refractivity contribution in [2.24, 2.45) is 5.10 Å². The number of hydrogen-bond acceptors (Lipinski definition) is 10. The number of ketones is 1. The maximum absolute atomic E-state index is 12.8. The van der Waals surface area contributed by atoms with E-state index in [1.807, 2.05) is 35.2 Å². The molecule has 4 rings (SSSR count). The number of ether oxygens (including phenoxy) is 1. The molecule has 170 valence electrons. The van der Waals surface area contributed by atoms with Crippen molar-refractivity contribution < 1.29 is 19.2 Å². The Labute approximate surface area is 198 Å². The molecule has 2 aliphatic heterocycles. The highest BCUT2D eigenvalue weighted by atomic mass is 32.2. The number of thioether (sulfide) groups is 2. The number of nitro benzene ring substituents is 1. The molecular weight excluding hydrogens is 464 g/mol. The molecule has 0 fully saturated rings. The summed E-state index contributed by atoms with van der Waals surface area (Å²) in [4.78, 5) is 38.8. The number of hydrazone groups is 1. The lowest BCUT2D eigenvalue weighted by atomic mass is 10.2. The van der Waals surface area contributed by atoms with Crippen molar-refractivity contribution in [3.8, 4) is 0 Å². The lowest BCUT2D eigenvalue weighted by Crippen LogP contribution is -2.49. The van der Waals surface area contributed by atoms with Gasteiger partial charge in [-0.15, -0.1) is 0 Å². The summed E-state index contributed by atoms with van der Waals surface area (Å²) in [6.45, 7) is 5.09. The maximum atomic E-state index is 12.8. The Hall–Kier alpha value is -3.31. The van der Waals surface area contributed by atoms with E-state index in [0.717, 1.165) is 29.2 Å². The van der Waals surface area contributed by atoms with E-state index in [4.69, 9.17) is 4.74 Å². The van der Waals surface area contributed by atoms with Crippen molar-refractivity contribution in [1.82, 2.24) is 0 Å². The fraction of sp³-hybridized carbons (Fsp3) is 0.227. The van der Waals surface area contributed by atoms with Crippen LogP contribution in [0.5, 0.6) is 0 Å². The van der Waals surface area contributed by atoms with Crippen LogP contribution < -0.4 is 9.91 Å². The summed E-state index contributed by atoms with van der Waals surface area (Å²) in [5.41, 5.74) is 1.37. The first-order valence-electron chi connectivity index (χ1n) is 10.0. The summed E-state index contributed by atoms with van der Waals surface area (Å²) in [5, 5.41) is 18.0. The molecular formula is C22H20N4O5S2. The molecule has 0 radical (unpaired) electrons. The van der Waals surface area contributed by atoms with Crippen LogP contribution in [0.2, 0.25) is 0 Å². The number of allylic oxidation sites excluding steroid dienone is 1. The highest BCUT2D eigenvalue weighted by Crippen LogP contribution is 2.61. The first kappa shape index (κ1) is 22.9. The molecule has 2 aromatic carbocycles. The van der Waals surface area contributed by atoms with Crippen LogP contribution in [0.25, 0.3) is 0 Å². The minimum atomic E-state index is -1.22. The molecule has 1 atom stereocenters. The number of Topliss-reactive ketones (excluding diaryl/α,β-unsaturated/α-hetero) is 1. The quantitative estimate of drug-likeness (QED) is 0.327. The Balaban J connectivity index is 1.95. The van der Waals surface area contributed by atoms with Gasteiger partial charge in [-0.1, -0.05) is 42.1 Å². The average Bonchev–Trinajstić information content (AvgIpc) is 3.32. The number of para-hydroxylation sites is 3. The van der Waals surface area contributed by atoms with Crippen LogP contribution in [0.4, 0.5) is 17.1 Å². The summed E-state index contributed by atoms with van der Waals surface area (Å²) in [6, 6.07) is 15.5. The summed E-state index contributed by atoms with van der Waals surface area (Å²) in [6.07, 6.45) is 0. The van der Waals surface area contributed by atoms with Crippen molar-refractivity contribution in [2.45, 2.75) is 25.1 Å². The summed E-state index contributed by atoms with van der Waals surface area (Å²) >= 11 is 2.30. The molecule has 2 aliphatic rings. The predicted molar refractivity (Wildman–Crippen MR) is 130 cm³/mol. The number of nitro groups is 1. The SMILES string of the molecule is CCOC(=O)C1=C(C)N(c2ccccc2)[C@@]2(SC(C(C)=O)=NN2c2ccccc2[N+](=O)[O-])S1. The first-order chi connectivity index (χ1) is 15.8. The predicted octanol–water partition coefficient (Wildman–Crippen LogP) is 4.71. The number of benzene rings is 2. The number of hydrogen-bond donors (Lipinski definition) is 0. The Kier molecular flexibility index (Phi) is 6.17. The third kappa shape index (κ3) is 3.87. The van der Waals surface area contributed by atoms with Crippen molar-refractivity contribution in [3.05, 3.63) is 75.3 Å². The first-order valence-corrected chi connectivity index (χ1v) is 11.7. The fourth-order valence-corrected chi connectivity index (χ4v) is 6.52. The molecule has 11 heteroatoms. The zero-order chi connectivity index (χ0) is 23.8. The summed E-state index contributed by atoms with van der Waals surface area (Å²) < 4.78 is 4.05. The second-order valence-electron chi connectivity index (χ2n) is 7.08. The van der Waals surface area contributed by atoms with E-state index in [9.17, 15) is 19.7 Å². The number of carbonyl (C=O) groups excluding carboxylic acids is 2. The van der Waals surface area contributed by atoms with Gasteiger partial charge in [0.05, 0.1) is 11.5 Å². The van der Waals surface area contributed by atoms with Gasteiger partial charge in [-0.25, -0.2) is 9.80 Å². The van der Waals surface area contributed by atoms with Crippen LogP contribution in [-0.2, 0) is 14.3 Å². The van der Waals surface area contributed by atoms with E-state index < -0.39 is 15.2 Å². The lowest BCUT2D eigenvalue weighted by molar-refractivity contribution is -0.384. The molecule has 33 heavy (non-hydrogen) atoms. The molecule has 1 spiro atoms. The molecule has 2 heterocycles. The number of rotatable bonds is 6. The number of nitrogens with zero attached hydrogens (tertiary/aromatic N) is 4. The van der Waals surface area contributed by atoms with Gasteiger partial charge in [-0.2, -0.15) is 5.10 Å². The standard InChI is InChI=1S/C22H20N4O5S2/c1-4-31-21(28)19-14(2)24(16-10-6-5-7-11-16)22(32-19)25(23-20(33-22)15(3)27)17-12-8-9-13-18(17)26(29)30/h5-13H,4H2,1-3H3/t22-/m0/s1. The normalized spacial score (nSPS) is 19.8. The molecule has 0 bridgehead atoms. The van der Waals surface area contributed by atoms with Gasteiger partial charge >= 0.3 is 5.97 Å². The van der Waals surface area contributed by atoms with E-state index in [0.29, 0.717) is 10.6 Å². The van der Waals surface area contributed by atoms with Crippen molar-refractivity contribution in [1.29, 1.82) is 0 Å². The van der Waals surface area contributed by atoms with Crippen LogP contribution in [-0.4, -0.2) is 32.7 Å². The van der Waals surface area contributed by atoms with Gasteiger partial charge in [-0.3, -0.25) is 14.9 Å². The molecule has 0 aliphatic carbocycles. The second kappa shape index (κ2) is 8.91. The largest absolute Gasteiger partial charge is 0.462 e. The zero-order valence-electron chi connectivity index (χ0n) is 18.0. The topological polar surface area (TPSA) is 105 Å². The van der Waals surface area contributed by atoms with Gasteiger partial charge in [0.25, 0.3) is 5.69 Å². The van der Waals surface area contributed by atoms with Crippen molar-refractivity contribution >= 4 is 57.4 Å². The monoisotopic (exact) mass is 484 g/mol. The second-order valence-corrected chi connectivity index (χ2v) is 9.68. The highest BCUT2D eigenvalue weighted by molar-refractivity contribution is 8.29. The minimum Gasteiger partial charge on any atom is -0.462 e. The van der Waals surface area contributed by atoms with Gasteiger partial charge in [0.15, 0.2) is 10.8 Å². The highest BCUT2D eigenvalue weighted by Gasteiger charge is 2.58. The maximum Gasteiger partial charge on any atom is 0.346 e. The minimum absolute atomic E-state index is 0.165. The lowest BCUT2D eigenvalue weighted by Gasteiger charge is -2.41. The summed E-state index contributed by atoms with van der Waals surface area (Å²) in [7, 11) is 0. The van der Waals surface area contributed by atoms with E-state index in [2.05, 4.69) is 5.10 Å². The molecule has 2 aromatic rings. The molecule has 0 saturated carbocycles. The van der Waals surface area contributed by atoms with Crippen LogP contribution in [0, 0.1) is 10.1 Å². The van der Waals surface area contributed by atoms with Crippen LogP contribution >= 0.6 is 23.5 Å². The number of esters is 1. The van der Waals surface area contributed by atoms with Gasteiger partial charge in [-0.05, 0) is 43.8 Å². The summed E-state index contributed by atoms with van der Waals surface area (Å²) in [5.74, 6) is -0.784. The van der Waals surface area contributed by atoms with Crippen molar-refractivity contribution in [2.75, 3.05) is 16.5 Å². The molecule has 9 nitrogen and oxygen atoms in total. The van der Waals surface area contributed by atoms with Crippen LogP contribution in [0.3, 0.4) is 0 Å². The van der Waals surface area contributed by atoms with Gasteiger partial charge in [0.1, 0.15) is 10.6 Å². The number of anilines is 2. The average molecular weight is 485 g/mol. The molecule has 0 saturated heterocycles. The smallest absolute Gasteiger partial charge is 0.346 e. The molecule has 0 unspecified atom stereocenters.